The van der Waals surface area contributed by atoms with Gasteiger partial charge in [0.15, 0.2) is 17.5 Å². The molecule has 58 heavy (non-hydrogen) atoms. The molecule has 0 aliphatic rings. The number of para-hydroxylation sites is 2. The summed E-state index contributed by atoms with van der Waals surface area (Å²) in [4.78, 5) is 15.0. The van der Waals surface area contributed by atoms with Crippen LogP contribution < -0.4 is 0 Å². The van der Waals surface area contributed by atoms with Crippen LogP contribution in [0.25, 0.3) is 111 Å². The fraction of sp³-hybridized carbons (Fsp3) is 0. The van der Waals surface area contributed by atoms with E-state index in [4.69, 9.17) is 15.0 Å². The van der Waals surface area contributed by atoms with Gasteiger partial charge in [-0.05, 0) is 64.7 Å². The lowest BCUT2D eigenvalue weighted by molar-refractivity contribution is 1.07. The van der Waals surface area contributed by atoms with Crippen molar-refractivity contribution in [3.05, 3.63) is 200 Å². The predicted octanol–water partition coefficient (Wildman–Crippen LogP) is 13.4. The van der Waals surface area contributed by atoms with Crippen molar-refractivity contribution in [3.8, 4) is 45.5 Å². The molecule has 12 rings (SSSR count). The fourth-order valence-corrected chi connectivity index (χ4v) is 8.83. The van der Waals surface area contributed by atoms with Gasteiger partial charge in [0, 0.05) is 49.3 Å². The highest BCUT2D eigenvalue weighted by atomic mass is 15.0. The molecular formula is C53H33N5. The van der Waals surface area contributed by atoms with Gasteiger partial charge in [-0.1, -0.05) is 152 Å². The molecule has 0 atom stereocenters. The monoisotopic (exact) mass is 739 g/mol. The van der Waals surface area contributed by atoms with E-state index in [0.29, 0.717) is 17.5 Å². The first-order valence-electron chi connectivity index (χ1n) is 19.6. The summed E-state index contributed by atoms with van der Waals surface area (Å²) in [5, 5.41) is 9.62. The maximum Gasteiger partial charge on any atom is 0.164 e. The van der Waals surface area contributed by atoms with Gasteiger partial charge in [0.2, 0.25) is 0 Å². The summed E-state index contributed by atoms with van der Waals surface area (Å²) in [7, 11) is 0. The van der Waals surface area contributed by atoms with Gasteiger partial charge in [-0.25, -0.2) is 15.0 Å². The molecule has 9 aromatic carbocycles. The van der Waals surface area contributed by atoms with E-state index in [1.807, 2.05) is 60.7 Å². The first-order valence-corrected chi connectivity index (χ1v) is 19.6. The average molecular weight is 740 g/mol. The largest absolute Gasteiger partial charge is 0.309 e. The van der Waals surface area contributed by atoms with Crippen molar-refractivity contribution in [2.75, 3.05) is 0 Å². The lowest BCUT2D eigenvalue weighted by atomic mass is 10.0. The Bertz CT molecular complexity index is 3450. The van der Waals surface area contributed by atoms with E-state index in [0.717, 1.165) is 44.4 Å². The predicted molar refractivity (Wildman–Crippen MR) is 240 cm³/mol. The molecule has 0 bridgehead atoms. The maximum absolute atomic E-state index is 5.04. The second kappa shape index (κ2) is 12.8. The Balaban J connectivity index is 1.09. The van der Waals surface area contributed by atoms with Crippen molar-refractivity contribution >= 4 is 65.2 Å². The number of fused-ring (bicyclic) bond motifs is 8. The highest BCUT2D eigenvalue weighted by Crippen LogP contribution is 2.40. The molecule has 0 unspecified atom stereocenters. The van der Waals surface area contributed by atoms with Crippen LogP contribution in [0.5, 0.6) is 0 Å². The van der Waals surface area contributed by atoms with Crippen LogP contribution in [0.15, 0.2) is 200 Å². The maximum atomic E-state index is 5.04. The third-order valence-electron chi connectivity index (χ3n) is 11.5. The minimum absolute atomic E-state index is 0.638. The molecular weight excluding hydrogens is 707 g/mol. The molecule has 3 aromatic heterocycles. The van der Waals surface area contributed by atoms with Gasteiger partial charge in [-0.3, -0.25) is 0 Å². The van der Waals surface area contributed by atoms with Crippen LogP contribution in [-0.4, -0.2) is 24.1 Å². The fourth-order valence-electron chi connectivity index (χ4n) is 8.83. The minimum Gasteiger partial charge on any atom is -0.309 e. The van der Waals surface area contributed by atoms with Gasteiger partial charge in [0.05, 0.1) is 27.8 Å². The molecule has 0 radical (unpaired) electrons. The second-order valence-electron chi connectivity index (χ2n) is 14.9. The first kappa shape index (κ1) is 32.4. The van der Waals surface area contributed by atoms with Gasteiger partial charge in [0.1, 0.15) is 0 Å². The van der Waals surface area contributed by atoms with E-state index in [1.54, 1.807) is 0 Å². The van der Waals surface area contributed by atoms with Crippen LogP contribution in [-0.2, 0) is 0 Å². The number of aromatic nitrogens is 5. The summed E-state index contributed by atoms with van der Waals surface area (Å²) in [6.07, 6.45) is 0. The number of nitrogens with zero attached hydrogens (tertiary/aromatic N) is 5. The summed E-state index contributed by atoms with van der Waals surface area (Å²) in [5.74, 6) is 1.93. The summed E-state index contributed by atoms with van der Waals surface area (Å²) in [6.45, 7) is 0. The molecule has 0 amide bonds. The van der Waals surface area contributed by atoms with E-state index in [-0.39, 0.29) is 0 Å². The van der Waals surface area contributed by atoms with Crippen molar-refractivity contribution in [2.45, 2.75) is 0 Å². The Kier molecular flexibility index (Phi) is 7.16. The van der Waals surface area contributed by atoms with Crippen molar-refractivity contribution in [1.82, 2.24) is 24.1 Å². The molecule has 0 saturated carbocycles. The lowest BCUT2D eigenvalue weighted by Crippen LogP contribution is -2.00. The van der Waals surface area contributed by atoms with Gasteiger partial charge in [0.25, 0.3) is 0 Å². The average Bonchev–Trinajstić information content (AvgIpc) is 3.80. The van der Waals surface area contributed by atoms with E-state index >= 15 is 0 Å². The molecule has 5 heteroatoms. The lowest BCUT2D eigenvalue weighted by Gasteiger charge is -2.14. The van der Waals surface area contributed by atoms with E-state index < -0.39 is 0 Å². The summed E-state index contributed by atoms with van der Waals surface area (Å²) in [5.41, 5.74) is 9.78. The Morgan fingerprint density at radius 1 is 0.276 bits per heavy atom. The van der Waals surface area contributed by atoms with Crippen LogP contribution in [0.4, 0.5) is 0 Å². The number of hydrogen-bond donors (Lipinski definition) is 0. The van der Waals surface area contributed by atoms with Gasteiger partial charge in [-0.2, -0.15) is 0 Å². The van der Waals surface area contributed by atoms with Crippen LogP contribution in [0, 0.1) is 0 Å². The zero-order valence-electron chi connectivity index (χ0n) is 31.3. The quantitative estimate of drug-likeness (QED) is 0.177. The van der Waals surface area contributed by atoms with E-state index in [2.05, 4.69) is 149 Å². The molecule has 5 nitrogen and oxygen atoms in total. The van der Waals surface area contributed by atoms with Gasteiger partial charge < -0.3 is 9.13 Å². The summed E-state index contributed by atoms with van der Waals surface area (Å²) >= 11 is 0. The zero-order chi connectivity index (χ0) is 38.2. The normalized spacial score (nSPS) is 11.8. The Morgan fingerprint density at radius 2 is 0.793 bits per heavy atom. The van der Waals surface area contributed by atoms with Gasteiger partial charge >= 0.3 is 0 Å². The molecule has 270 valence electrons. The molecule has 0 aliphatic carbocycles. The van der Waals surface area contributed by atoms with Crippen LogP contribution >= 0.6 is 0 Å². The third-order valence-corrected chi connectivity index (χ3v) is 11.5. The molecule has 0 spiro atoms. The van der Waals surface area contributed by atoms with Crippen LogP contribution in [0.2, 0.25) is 0 Å². The van der Waals surface area contributed by atoms with E-state index in [1.165, 1.54) is 48.9 Å². The van der Waals surface area contributed by atoms with Crippen molar-refractivity contribution < 1.29 is 0 Å². The Morgan fingerprint density at radius 3 is 1.47 bits per heavy atom. The SMILES string of the molecule is c1ccc(-c2nc(-c3ccccc3)nc(-c3ccc4c(-n5c6cc(-n7c8ccccc8c8ccccc87)ccc6c6cc7ccccc7cc65)cccc4c3)n2)cc1. The zero-order valence-corrected chi connectivity index (χ0v) is 31.3. The smallest absolute Gasteiger partial charge is 0.164 e. The summed E-state index contributed by atoms with van der Waals surface area (Å²) in [6, 6.07) is 71.1. The number of benzene rings is 9. The molecule has 0 aliphatic heterocycles. The first-order chi connectivity index (χ1) is 28.7. The Hall–Kier alpha value is -7.89. The second-order valence-corrected chi connectivity index (χ2v) is 14.9. The summed E-state index contributed by atoms with van der Waals surface area (Å²) < 4.78 is 4.86. The standard InChI is InChI=1S/C53H33N5/c1-3-14-34(15-4-1)51-54-52(35-16-5-2-6-17-35)56-53(55-51)39-26-28-41-38(30-39)20-13-25-46(41)58-49-32-37-19-8-7-18-36(37)31-45(49)44-29-27-40(33-50(44)58)57-47-23-11-9-21-42(47)43-22-10-12-24-48(43)57/h1-33H. The van der Waals surface area contributed by atoms with Crippen molar-refractivity contribution in [1.29, 1.82) is 0 Å². The molecule has 0 fully saturated rings. The Labute approximate surface area is 333 Å². The third kappa shape index (κ3) is 5.07. The van der Waals surface area contributed by atoms with Gasteiger partial charge in [-0.15, -0.1) is 0 Å². The highest BCUT2D eigenvalue weighted by Gasteiger charge is 2.19. The molecule has 0 N–H and O–H groups in total. The minimum atomic E-state index is 0.638. The van der Waals surface area contributed by atoms with E-state index in [9.17, 15) is 0 Å². The molecule has 0 saturated heterocycles. The van der Waals surface area contributed by atoms with Crippen molar-refractivity contribution in [2.24, 2.45) is 0 Å². The van der Waals surface area contributed by atoms with Crippen molar-refractivity contribution in [3.63, 3.8) is 0 Å². The topological polar surface area (TPSA) is 48.5 Å². The number of rotatable bonds is 5. The number of hydrogen-bond acceptors (Lipinski definition) is 3. The molecule has 3 heterocycles. The van der Waals surface area contributed by atoms with Crippen LogP contribution in [0.1, 0.15) is 0 Å². The van der Waals surface area contributed by atoms with Crippen LogP contribution in [0.3, 0.4) is 0 Å². The molecule has 12 aromatic rings. The highest BCUT2D eigenvalue weighted by molar-refractivity contribution is 6.15.